The first-order chi connectivity index (χ1) is 6.83. The van der Waals surface area contributed by atoms with Crippen LogP contribution >= 0.6 is 11.6 Å². The van der Waals surface area contributed by atoms with Gasteiger partial charge in [0.2, 0.25) is 0 Å². The van der Waals surface area contributed by atoms with E-state index >= 15 is 0 Å². The monoisotopic (exact) mass is 207 g/mol. The predicted octanol–water partition coefficient (Wildman–Crippen LogP) is 3.36. The normalized spacial score (nSPS) is 20.4. The van der Waals surface area contributed by atoms with Crippen LogP contribution in [0, 0.1) is 0 Å². The number of fused-ring (bicyclic) bond motifs is 1. The van der Waals surface area contributed by atoms with Crippen molar-refractivity contribution in [3.63, 3.8) is 0 Å². The SMILES string of the molecule is CC1CN(C/C=C/Cl)c2ccccc21. The van der Waals surface area contributed by atoms with Crippen molar-refractivity contribution in [1.29, 1.82) is 0 Å². The molecule has 14 heavy (non-hydrogen) atoms. The highest BCUT2D eigenvalue weighted by molar-refractivity contribution is 6.25. The molecule has 0 aromatic heterocycles. The van der Waals surface area contributed by atoms with E-state index in [1.165, 1.54) is 11.3 Å². The predicted molar refractivity (Wildman–Crippen MR) is 62.1 cm³/mol. The molecule has 0 bridgehead atoms. The Hall–Kier alpha value is -0.950. The smallest absolute Gasteiger partial charge is 0.0405 e. The average molecular weight is 208 g/mol. The lowest BCUT2D eigenvalue weighted by molar-refractivity contribution is 0.777. The van der Waals surface area contributed by atoms with Gasteiger partial charge in [0.15, 0.2) is 0 Å². The number of rotatable bonds is 2. The molecule has 1 aliphatic rings. The molecular formula is C12H14ClN. The Bertz CT molecular complexity index is 346. The molecule has 1 atom stereocenters. The minimum Gasteiger partial charge on any atom is -0.367 e. The molecule has 0 saturated heterocycles. The Morgan fingerprint density at radius 2 is 2.29 bits per heavy atom. The van der Waals surface area contributed by atoms with Crippen LogP contribution in [0.3, 0.4) is 0 Å². The molecule has 1 aliphatic heterocycles. The summed E-state index contributed by atoms with van der Waals surface area (Å²) in [5.41, 5.74) is 4.40. The molecule has 1 unspecified atom stereocenters. The van der Waals surface area contributed by atoms with E-state index in [1.54, 1.807) is 5.54 Å². The molecule has 0 aliphatic carbocycles. The van der Waals surface area contributed by atoms with Crippen LogP contribution < -0.4 is 4.90 Å². The summed E-state index contributed by atoms with van der Waals surface area (Å²) < 4.78 is 0. The van der Waals surface area contributed by atoms with Crippen LogP contribution in [0.25, 0.3) is 0 Å². The van der Waals surface area contributed by atoms with Crippen molar-refractivity contribution in [3.8, 4) is 0 Å². The summed E-state index contributed by atoms with van der Waals surface area (Å²) in [5.74, 6) is 0.634. The molecule has 0 amide bonds. The molecule has 1 heterocycles. The summed E-state index contributed by atoms with van der Waals surface area (Å²) in [5, 5.41) is 0. The van der Waals surface area contributed by atoms with Crippen LogP contribution in [0.5, 0.6) is 0 Å². The number of hydrogen-bond acceptors (Lipinski definition) is 1. The van der Waals surface area contributed by atoms with E-state index in [0.717, 1.165) is 13.1 Å². The molecule has 0 saturated carbocycles. The van der Waals surface area contributed by atoms with Gasteiger partial charge in [-0.15, -0.1) is 0 Å². The van der Waals surface area contributed by atoms with Crippen LogP contribution in [0.2, 0.25) is 0 Å². The van der Waals surface area contributed by atoms with Crippen molar-refractivity contribution in [2.45, 2.75) is 12.8 Å². The molecule has 2 rings (SSSR count). The van der Waals surface area contributed by atoms with E-state index in [9.17, 15) is 0 Å². The quantitative estimate of drug-likeness (QED) is 0.719. The Morgan fingerprint density at radius 3 is 3.07 bits per heavy atom. The van der Waals surface area contributed by atoms with Crippen LogP contribution in [-0.4, -0.2) is 13.1 Å². The Labute approximate surface area is 90.0 Å². The topological polar surface area (TPSA) is 3.24 Å². The fraction of sp³-hybridized carbons (Fsp3) is 0.333. The van der Waals surface area contributed by atoms with Gasteiger partial charge in [-0.2, -0.15) is 0 Å². The summed E-state index contributed by atoms with van der Waals surface area (Å²) in [7, 11) is 0. The summed E-state index contributed by atoms with van der Waals surface area (Å²) in [4.78, 5) is 2.36. The summed E-state index contributed by atoms with van der Waals surface area (Å²) in [6.45, 7) is 4.27. The maximum absolute atomic E-state index is 5.54. The standard InChI is InChI=1S/C12H14ClN/c1-10-9-14(8-4-7-13)12-6-3-2-5-11(10)12/h2-7,10H,8-9H2,1H3/b7-4+. The second kappa shape index (κ2) is 4.05. The second-order valence-electron chi connectivity index (χ2n) is 3.73. The third-order valence-electron chi connectivity index (χ3n) is 2.72. The Morgan fingerprint density at radius 1 is 1.50 bits per heavy atom. The fourth-order valence-electron chi connectivity index (χ4n) is 2.06. The first-order valence-corrected chi connectivity index (χ1v) is 5.35. The molecule has 2 heteroatoms. The van der Waals surface area contributed by atoms with Gasteiger partial charge in [-0.1, -0.05) is 42.8 Å². The number of halogens is 1. The average Bonchev–Trinajstić information content (AvgIpc) is 2.54. The molecule has 1 nitrogen and oxygen atoms in total. The van der Waals surface area contributed by atoms with Gasteiger partial charge in [0, 0.05) is 30.2 Å². The zero-order valence-corrected chi connectivity index (χ0v) is 9.04. The number of nitrogens with zero attached hydrogens (tertiary/aromatic N) is 1. The molecule has 74 valence electrons. The summed E-state index contributed by atoms with van der Waals surface area (Å²) >= 11 is 5.54. The Balaban J connectivity index is 2.25. The van der Waals surface area contributed by atoms with Crippen molar-refractivity contribution in [3.05, 3.63) is 41.4 Å². The lowest BCUT2D eigenvalue weighted by Gasteiger charge is -2.16. The van der Waals surface area contributed by atoms with E-state index < -0.39 is 0 Å². The summed E-state index contributed by atoms with van der Waals surface area (Å²) in [6, 6.07) is 8.59. The minimum atomic E-state index is 0.634. The van der Waals surface area contributed by atoms with Gasteiger partial charge in [-0.05, 0) is 11.6 Å². The second-order valence-corrected chi connectivity index (χ2v) is 3.98. The minimum absolute atomic E-state index is 0.634. The number of hydrogen-bond donors (Lipinski definition) is 0. The molecule has 0 spiro atoms. The highest BCUT2D eigenvalue weighted by Gasteiger charge is 2.23. The number of para-hydroxylation sites is 1. The van der Waals surface area contributed by atoms with Gasteiger partial charge in [0.1, 0.15) is 0 Å². The van der Waals surface area contributed by atoms with Gasteiger partial charge in [0.25, 0.3) is 0 Å². The van der Waals surface area contributed by atoms with Crippen molar-refractivity contribution in [1.82, 2.24) is 0 Å². The molecule has 1 aromatic carbocycles. The highest BCUT2D eigenvalue weighted by Crippen LogP contribution is 2.35. The largest absolute Gasteiger partial charge is 0.367 e. The number of anilines is 1. The van der Waals surface area contributed by atoms with Crippen molar-refractivity contribution in [2.24, 2.45) is 0 Å². The van der Waals surface area contributed by atoms with Crippen LogP contribution in [0.15, 0.2) is 35.9 Å². The van der Waals surface area contributed by atoms with E-state index in [1.807, 2.05) is 6.08 Å². The van der Waals surface area contributed by atoms with Gasteiger partial charge >= 0.3 is 0 Å². The highest BCUT2D eigenvalue weighted by atomic mass is 35.5. The van der Waals surface area contributed by atoms with E-state index in [2.05, 4.69) is 36.1 Å². The zero-order chi connectivity index (χ0) is 9.97. The third kappa shape index (κ3) is 1.64. The zero-order valence-electron chi connectivity index (χ0n) is 8.28. The maximum atomic E-state index is 5.54. The number of benzene rings is 1. The van der Waals surface area contributed by atoms with Crippen LogP contribution in [0.4, 0.5) is 5.69 Å². The molecule has 0 N–H and O–H groups in total. The van der Waals surface area contributed by atoms with Gasteiger partial charge in [0.05, 0.1) is 0 Å². The van der Waals surface area contributed by atoms with Crippen LogP contribution in [0.1, 0.15) is 18.4 Å². The molecule has 0 radical (unpaired) electrons. The van der Waals surface area contributed by atoms with E-state index in [0.29, 0.717) is 5.92 Å². The third-order valence-corrected chi connectivity index (χ3v) is 2.90. The lowest BCUT2D eigenvalue weighted by Crippen LogP contribution is -2.20. The molecular weight excluding hydrogens is 194 g/mol. The summed E-state index contributed by atoms with van der Waals surface area (Å²) in [6.07, 6.45) is 1.98. The van der Waals surface area contributed by atoms with Gasteiger partial charge in [-0.3, -0.25) is 0 Å². The van der Waals surface area contributed by atoms with Crippen LogP contribution in [-0.2, 0) is 0 Å². The van der Waals surface area contributed by atoms with E-state index in [4.69, 9.17) is 11.6 Å². The van der Waals surface area contributed by atoms with Gasteiger partial charge < -0.3 is 4.90 Å². The van der Waals surface area contributed by atoms with Crippen molar-refractivity contribution >= 4 is 17.3 Å². The molecule has 0 fully saturated rings. The lowest BCUT2D eigenvalue weighted by atomic mass is 10.0. The van der Waals surface area contributed by atoms with E-state index in [-0.39, 0.29) is 0 Å². The first kappa shape index (κ1) is 9.60. The maximum Gasteiger partial charge on any atom is 0.0405 e. The van der Waals surface area contributed by atoms with Gasteiger partial charge in [-0.25, -0.2) is 0 Å². The van der Waals surface area contributed by atoms with Crippen molar-refractivity contribution < 1.29 is 0 Å². The fourth-order valence-corrected chi connectivity index (χ4v) is 2.14. The Kier molecular flexibility index (Phi) is 2.78. The first-order valence-electron chi connectivity index (χ1n) is 4.92. The molecule has 1 aromatic rings. The van der Waals surface area contributed by atoms with Crippen molar-refractivity contribution in [2.75, 3.05) is 18.0 Å².